The summed E-state index contributed by atoms with van der Waals surface area (Å²) in [6.07, 6.45) is 15.5. The van der Waals surface area contributed by atoms with Gasteiger partial charge in [-0.3, -0.25) is 4.55 Å². The van der Waals surface area contributed by atoms with E-state index in [1.54, 1.807) is 0 Å². The lowest BCUT2D eigenvalue weighted by Gasteiger charge is -2.61. The van der Waals surface area contributed by atoms with Gasteiger partial charge in [-0.1, -0.05) is 47.5 Å². The molecule has 4 fully saturated rings. The second kappa shape index (κ2) is 9.15. The summed E-state index contributed by atoms with van der Waals surface area (Å²) in [6.45, 7) is 11.6. The Morgan fingerprint density at radius 2 is 1.59 bits per heavy atom. The third-order valence-electron chi connectivity index (χ3n) is 11.2. The van der Waals surface area contributed by atoms with E-state index in [1.165, 1.54) is 64.2 Å². The van der Waals surface area contributed by atoms with Crippen LogP contribution in [0.25, 0.3) is 0 Å². The summed E-state index contributed by atoms with van der Waals surface area (Å²) in [7, 11) is -4.40. The van der Waals surface area contributed by atoms with Crippen molar-refractivity contribution in [3.8, 4) is 0 Å². The lowest BCUT2D eigenvalue weighted by atomic mass is 9.44. The predicted octanol–water partition coefficient (Wildman–Crippen LogP) is 7.30. The van der Waals surface area contributed by atoms with Crippen LogP contribution in [0.3, 0.4) is 0 Å². The van der Waals surface area contributed by atoms with Crippen molar-refractivity contribution in [2.24, 2.45) is 52.3 Å². The molecule has 2 unspecified atom stereocenters. The highest BCUT2D eigenvalue weighted by Crippen LogP contribution is 2.68. The standard InChI is InChI=1S/C27H48O4S/c1-18(2)25(31-32(28,29)30)14-9-19(3)22-12-13-23-21-11-10-20-8-6-7-16-26(20,4)24(21)15-17-27(22,23)5/h18-25H,6-17H2,1-5H3,(H,28,29,30)/t19-,20?,21+,22-,23+,24+,25?,26+,27-/m1/s1. The molecule has 9 atom stereocenters. The molecule has 4 rings (SSSR count). The second-order valence-electron chi connectivity index (χ2n) is 13.0. The summed E-state index contributed by atoms with van der Waals surface area (Å²) in [4.78, 5) is 0. The summed E-state index contributed by atoms with van der Waals surface area (Å²) in [5, 5.41) is 0. The molecule has 0 aromatic carbocycles. The largest absolute Gasteiger partial charge is 0.397 e. The van der Waals surface area contributed by atoms with Crippen molar-refractivity contribution in [2.45, 2.75) is 118 Å². The van der Waals surface area contributed by atoms with Crippen LogP contribution < -0.4 is 0 Å². The molecule has 0 amide bonds. The normalized spacial score (nSPS) is 43.9. The van der Waals surface area contributed by atoms with E-state index in [-0.39, 0.29) is 5.92 Å². The zero-order chi connectivity index (χ0) is 23.3. The second-order valence-corrected chi connectivity index (χ2v) is 14.0. The van der Waals surface area contributed by atoms with E-state index in [0.717, 1.165) is 36.0 Å². The maximum absolute atomic E-state index is 11.3. The first-order chi connectivity index (χ1) is 15.0. The van der Waals surface area contributed by atoms with Gasteiger partial charge in [0, 0.05) is 0 Å². The Kier molecular flexibility index (Phi) is 7.14. The van der Waals surface area contributed by atoms with Crippen LogP contribution in [0.2, 0.25) is 0 Å². The zero-order valence-electron chi connectivity index (χ0n) is 21.2. The minimum atomic E-state index is -4.40. The third-order valence-corrected chi connectivity index (χ3v) is 11.7. The average molecular weight is 469 g/mol. The molecule has 4 saturated carbocycles. The van der Waals surface area contributed by atoms with Crippen molar-refractivity contribution in [1.82, 2.24) is 0 Å². The maximum Gasteiger partial charge on any atom is 0.397 e. The van der Waals surface area contributed by atoms with Gasteiger partial charge in [-0.25, -0.2) is 4.18 Å². The molecule has 0 radical (unpaired) electrons. The van der Waals surface area contributed by atoms with E-state index >= 15 is 0 Å². The number of fused-ring (bicyclic) bond motifs is 5. The average Bonchev–Trinajstić information content (AvgIpc) is 3.06. The monoisotopic (exact) mass is 468 g/mol. The van der Waals surface area contributed by atoms with Gasteiger partial charge in [-0.05, 0) is 116 Å². The molecule has 4 aliphatic rings. The fourth-order valence-electron chi connectivity index (χ4n) is 9.55. The molecule has 0 aromatic heterocycles. The molecule has 1 N–H and O–H groups in total. The molecule has 0 saturated heterocycles. The number of rotatable bonds is 7. The van der Waals surface area contributed by atoms with Crippen molar-refractivity contribution >= 4 is 10.4 Å². The molecule has 0 spiro atoms. The molecule has 5 heteroatoms. The van der Waals surface area contributed by atoms with Crippen molar-refractivity contribution < 1.29 is 17.2 Å². The highest BCUT2D eigenvalue weighted by molar-refractivity contribution is 7.80. The van der Waals surface area contributed by atoms with E-state index < -0.39 is 16.5 Å². The van der Waals surface area contributed by atoms with Crippen molar-refractivity contribution in [1.29, 1.82) is 0 Å². The highest BCUT2D eigenvalue weighted by Gasteiger charge is 2.60. The van der Waals surface area contributed by atoms with Crippen LogP contribution in [0, 0.1) is 52.3 Å². The SMILES string of the molecule is CC(C)C(CC[C@@H](C)[C@H]1CC[C@H]2[C@@H]3CCC4CCCC[C@]4(C)[C@H]3CC[C@]12C)OS(=O)(=O)O. The molecule has 0 bridgehead atoms. The summed E-state index contributed by atoms with van der Waals surface area (Å²) in [5.74, 6) is 5.09. The first kappa shape index (κ1) is 25.0. The maximum atomic E-state index is 11.3. The summed E-state index contributed by atoms with van der Waals surface area (Å²) in [5.41, 5.74) is 1.04. The van der Waals surface area contributed by atoms with E-state index in [4.69, 9.17) is 4.18 Å². The summed E-state index contributed by atoms with van der Waals surface area (Å²) >= 11 is 0. The van der Waals surface area contributed by atoms with E-state index in [2.05, 4.69) is 20.8 Å². The van der Waals surface area contributed by atoms with Gasteiger partial charge >= 0.3 is 10.4 Å². The molecule has 4 nitrogen and oxygen atoms in total. The highest BCUT2D eigenvalue weighted by atomic mass is 32.3. The Morgan fingerprint density at radius 1 is 0.875 bits per heavy atom. The number of hydrogen-bond donors (Lipinski definition) is 1. The van der Waals surface area contributed by atoms with E-state index in [0.29, 0.717) is 23.2 Å². The Hall–Kier alpha value is -0.130. The van der Waals surface area contributed by atoms with Crippen LogP contribution in [0.15, 0.2) is 0 Å². The minimum absolute atomic E-state index is 0.0675. The van der Waals surface area contributed by atoms with Gasteiger partial charge in [-0.2, -0.15) is 8.42 Å². The first-order valence-electron chi connectivity index (χ1n) is 13.6. The molecule has 4 aliphatic carbocycles. The van der Waals surface area contributed by atoms with Gasteiger partial charge < -0.3 is 0 Å². The van der Waals surface area contributed by atoms with Crippen molar-refractivity contribution in [3.05, 3.63) is 0 Å². The third kappa shape index (κ3) is 4.56. The van der Waals surface area contributed by atoms with Gasteiger partial charge in [0.25, 0.3) is 0 Å². The number of hydrogen-bond acceptors (Lipinski definition) is 3. The van der Waals surface area contributed by atoms with Gasteiger partial charge in [-0.15, -0.1) is 0 Å². The molecule has 32 heavy (non-hydrogen) atoms. The minimum Gasteiger partial charge on any atom is -0.264 e. The van der Waals surface area contributed by atoms with Gasteiger partial charge in [0.2, 0.25) is 0 Å². The molecule has 0 aromatic rings. The smallest absolute Gasteiger partial charge is 0.264 e. The Morgan fingerprint density at radius 3 is 2.28 bits per heavy atom. The molecule has 0 heterocycles. The summed E-state index contributed by atoms with van der Waals surface area (Å²) in [6, 6.07) is 0. The van der Waals surface area contributed by atoms with Gasteiger partial charge in [0.05, 0.1) is 6.10 Å². The quantitative estimate of drug-likeness (QED) is 0.398. The molecular weight excluding hydrogens is 420 g/mol. The lowest BCUT2D eigenvalue weighted by Crippen LogP contribution is -2.53. The van der Waals surface area contributed by atoms with Crippen LogP contribution >= 0.6 is 0 Å². The van der Waals surface area contributed by atoms with Crippen molar-refractivity contribution in [2.75, 3.05) is 0 Å². The van der Waals surface area contributed by atoms with Gasteiger partial charge in [0.15, 0.2) is 0 Å². The van der Waals surface area contributed by atoms with E-state index in [1.807, 2.05) is 13.8 Å². The van der Waals surface area contributed by atoms with Crippen LogP contribution in [0.5, 0.6) is 0 Å². The predicted molar refractivity (Wildman–Crippen MR) is 129 cm³/mol. The van der Waals surface area contributed by atoms with Crippen LogP contribution in [-0.4, -0.2) is 19.1 Å². The van der Waals surface area contributed by atoms with Crippen LogP contribution in [-0.2, 0) is 14.6 Å². The van der Waals surface area contributed by atoms with Crippen LogP contribution in [0.1, 0.15) is 112 Å². The first-order valence-corrected chi connectivity index (χ1v) is 15.0. The van der Waals surface area contributed by atoms with E-state index in [9.17, 15) is 13.0 Å². The lowest BCUT2D eigenvalue weighted by molar-refractivity contribution is -0.114. The Balaban J connectivity index is 1.43. The fourth-order valence-corrected chi connectivity index (χ4v) is 10.2. The molecule has 186 valence electrons. The zero-order valence-corrected chi connectivity index (χ0v) is 22.0. The molecule has 0 aliphatic heterocycles. The Bertz CT molecular complexity index is 764. The topological polar surface area (TPSA) is 63.6 Å². The van der Waals surface area contributed by atoms with Crippen LogP contribution in [0.4, 0.5) is 0 Å². The Labute approximate surface area is 197 Å². The fraction of sp³-hybridized carbons (Fsp3) is 1.00. The molecular formula is C27H48O4S. The van der Waals surface area contributed by atoms with Gasteiger partial charge in [0.1, 0.15) is 0 Å². The van der Waals surface area contributed by atoms with Crippen molar-refractivity contribution in [3.63, 3.8) is 0 Å². The summed E-state index contributed by atoms with van der Waals surface area (Å²) < 4.78 is 36.7.